The molecule has 1 aliphatic heterocycles. The van der Waals surface area contributed by atoms with Crippen molar-refractivity contribution in [1.29, 1.82) is 0 Å². The molecule has 0 radical (unpaired) electrons. The van der Waals surface area contributed by atoms with Gasteiger partial charge in [-0.15, -0.1) is 0 Å². The molecule has 0 saturated carbocycles. The van der Waals surface area contributed by atoms with Crippen molar-refractivity contribution in [1.82, 2.24) is 10.6 Å². The Morgan fingerprint density at radius 3 is 2.26 bits per heavy atom. The summed E-state index contributed by atoms with van der Waals surface area (Å²) in [5.74, 6) is 0.775. The van der Waals surface area contributed by atoms with E-state index in [1.807, 2.05) is 18.2 Å². The fraction of sp³-hybridized carbons (Fsp3) is 0.538. The number of hydrogen-bond donors (Lipinski definition) is 2. The Morgan fingerprint density at radius 2 is 1.68 bits per heavy atom. The van der Waals surface area contributed by atoms with E-state index < -0.39 is 0 Å². The molecule has 0 unspecified atom stereocenters. The number of rotatable bonds is 4. The monoisotopic (exact) mass is 342 g/mol. The van der Waals surface area contributed by atoms with Crippen LogP contribution in [-0.4, -0.2) is 19.6 Å². The smallest absolute Gasteiger partial charge is 0.0465 e. The second-order valence-electron chi connectivity index (χ2n) is 4.52. The molecule has 2 nitrogen and oxygen atoms in total. The molecule has 6 heteroatoms. The van der Waals surface area contributed by atoms with Crippen molar-refractivity contribution in [2.75, 3.05) is 19.6 Å². The zero-order chi connectivity index (χ0) is 12.1. The minimum atomic E-state index is 0. The van der Waals surface area contributed by atoms with Crippen molar-refractivity contribution in [3.8, 4) is 0 Å². The number of piperidine rings is 1. The number of benzene rings is 1. The van der Waals surface area contributed by atoms with Gasteiger partial charge < -0.3 is 35.4 Å². The highest BCUT2D eigenvalue weighted by molar-refractivity contribution is 6.35. The molecule has 0 amide bonds. The molecule has 1 aromatic rings. The van der Waals surface area contributed by atoms with Crippen molar-refractivity contribution in [3.05, 3.63) is 33.8 Å². The van der Waals surface area contributed by atoms with Gasteiger partial charge in [0.05, 0.1) is 0 Å². The Hall–Kier alpha value is 0.300. The number of nitrogens with one attached hydrogen (secondary N) is 2. The normalized spacial score (nSPS) is 15.5. The minimum absolute atomic E-state index is 0. The third-order valence-corrected chi connectivity index (χ3v) is 3.96. The van der Waals surface area contributed by atoms with Gasteiger partial charge in [-0.1, -0.05) is 29.3 Å². The van der Waals surface area contributed by atoms with E-state index in [0.717, 1.165) is 47.7 Å². The van der Waals surface area contributed by atoms with Crippen LogP contribution < -0.4 is 35.4 Å². The van der Waals surface area contributed by atoms with Crippen molar-refractivity contribution in [2.24, 2.45) is 5.92 Å². The number of halogens is 4. The summed E-state index contributed by atoms with van der Waals surface area (Å²) in [6, 6.07) is 5.64. The molecule has 0 atom stereocenters. The summed E-state index contributed by atoms with van der Waals surface area (Å²) >= 11 is 12.2. The van der Waals surface area contributed by atoms with Gasteiger partial charge in [0.2, 0.25) is 0 Å². The highest BCUT2D eigenvalue weighted by Crippen LogP contribution is 2.24. The van der Waals surface area contributed by atoms with Gasteiger partial charge >= 0.3 is 0 Å². The molecule has 0 bridgehead atoms. The first-order chi connectivity index (χ1) is 8.27. The molecule has 19 heavy (non-hydrogen) atoms. The fourth-order valence-electron chi connectivity index (χ4n) is 2.19. The van der Waals surface area contributed by atoms with Gasteiger partial charge in [-0.2, -0.15) is 0 Å². The lowest BCUT2D eigenvalue weighted by molar-refractivity contribution is -0.00100. The van der Waals surface area contributed by atoms with Gasteiger partial charge in [-0.05, 0) is 50.5 Å². The molecule has 1 aliphatic rings. The third kappa shape index (κ3) is 6.07. The zero-order valence-electron chi connectivity index (χ0n) is 10.6. The van der Waals surface area contributed by atoms with Gasteiger partial charge in [0.1, 0.15) is 0 Å². The van der Waals surface area contributed by atoms with Gasteiger partial charge in [-0.25, -0.2) is 0 Å². The van der Waals surface area contributed by atoms with E-state index in [1.165, 1.54) is 12.8 Å². The Balaban J connectivity index is 0.00000162. The van der Waals surface area contributed by atoms with E-state index in [1.54, 1.807) is 0 Å². The first-order valence-electron chi connectivity index (χ1n) is 6.11. The second kappa shape index (κ2) is 10.1. The van der Waals surface area contributed by atoms with E-state index in [-0.39, 0.29) is 24.8 Å². The minimum Gasteiger partial charge on any atom is -1.00 e. The maximum Gasteiger partial charge on any atom is 0.0465 e. The van der Waals surface area contributed by atoms with E-state index in [4.69, 9.17) is 23.2 Å². The molecule has 2 N–H and O–H groups in total. The highest BCUT2D eigenvalue weighted by Gasteiger charge is 2.12. The topological polar surface area (TPSA) is 24.1 Å². The van der Waals surface area contributed by atoms with Crippen LogP contribution in [0.3, 0.4) is 0 Å². The molecular weight excluding hydrogens is 326 g/mol. The molecule has 1 aromatic carbocycles. The summed E-state index contributed by atoms with van der Waals surface area (Å²) in [6.07, 6.45) is 2.51. The summed E-state index contributed by atoms with van der Waals surface area (Å²) in [7, 11) is 0. The van der Waals surface area contributed by atoms with Crippen LogP contribution in [0.25, 0.3) is 0 Å². The van der Waals surface area contributed by atoms with Crippen LogP contribution >= 0.6 is 23.2 Å². The highest BCUT2D eigenvalue weighted by atomic mass is 35.5. The molecular formula is C13H18Cl4N2-2. The summed E-state index contributed by atoms with van der Waals surface area (Å²) in [6.45, 7) is 4.07. The molecule has 2 rings (SSSR count). The van der Waals surface area contributed by atoms with Gasteiger partial charge in [0.15, 0.2) is 0 Å². The SMILES string of the molecule is Clc1cccc(Cl)c1CNCC1CCNCC1.[Cl-].[Cl-]. The number of hydrogen-bond acceptors (Lipinski definition) is 2. The average molecular weight is 344 g/mol. The molecule has 0 spiro atoms. The maximum absolute atomic E-state index is 6.12. The lowest BCUT2D eigenvalue weighted by Gasteiger charge is -2.23. The van der Waals surface area contributed by atoms with Gasteiger partial charge in [0.25, 0.3) is 0 Å². The standard InChI is InChI=1S/C13H18Cl2N2.2ClH/c14-12-2-1-3-13(15)11(12)9-17-8-10-4-6-16-7-5-10;;/h1-3,10,16-17H,4-9H2;2*1H/p-2. The van der Waals surface area contributed by atoms with Crippen LogP contribution in [0.2, 0.25) is 10.0 Å². The Kier molecular flexibility index (Phi) is 10.2. The Labute approximate surface area is 137 Å². The first-order valence-corrected chi connectivity index (χ1v) is 6.87. The van der Waals surface area contributed by atoms with Crippen LogP contribution in [0.1, 0.15) is 18.4 Å². The first kappa shape index (κ1) is 19.3. The Bertz CT molecular complexity index is 347. The zero-order valence-corrected chi connectivity index (χ0v) is 13.6. The van der Waals surface area contributed by atoms with Crippen LogP contribution in [0.5, 0.6) is 0 Å². The summed E-state index contributed by atoms with van der Waals surface area (Å²) in [4.78, 5) is 0. The summed E-state index contributed by atoms with van der Waals surface area (Å²) < 4.78 is 0. The maximum atomic E-state index is 6.12. The van der Waals surface area contributed by atoms with Crippen LogP contribution in [-0.2, 0) is 6.54 Å². The van der Waals surface area contributed by atoms with Crippen molar-refractivity contribution in [2.45, 2.75) is 19.4 Å². The van der Waals surface area contributed by atoms with Crippen LogP contribution in [0.4, 0.5) is 0 Å². The molecule has 110 valence electrons. The third-order valence-electron chi connectivity index (χ3n) is 3.26. The van der Waals surface area contributed by atoms with Crippen molar-refractivity contribution in [3.63, 3.8) is 0 Å². The predicted octanol–water partition coefficient (Wildman–Crippen LogP) is -2.91. The lowest BCUT2D eigenvalue weighted by Crippen LogP contribution is -3.00. The van der Waals surface area contributed by atoms with E-state index in [9.17, 15) is 0 Å². The largest absolute Gasteiger partial charge is 1.00 e. The van der Waals surface area contributed by atoms with E-state index in [0.29, 0.717) is 0 Å². The van der Waals surface area contributed by atoms with Crippen LogP contribution in [0, 0.1) is 5.92 Å². The fourth-order valence-corrected chi connectivity index (χ4v) is 2.72. The molecule has 0 aliphatic carbocycles. The molecule has 1 saturated heterocycles. The second-order valence-corrected chi connectivity index (χ2v) is 5.34. The van der Waals surface area contributed by atoms with Crippen molar-refractivity contribution >= 4 is 23.2 Å². The van der Waals surface area contributed by atoms with Gasteiger partial charge in [-0.3, -0.25) is 0 Å². The lowest BCUT2D eigenvalue weighted by atomic mass is 9.98. The predicted molar refractivity (Wildman–Crippen MR) is 73.8 cm³/mol. The molecule has 1 heterocycles. The van der Waals surface area contributed by atoms with E-state index >= 15 is 0 Å². The van der Waals surface area contributed by atoms with Crippen molar-refractivity contribution < 1.29 is 24.8 Å². The van der Waals surface area contributed by atoms with Gasteiger partial charge in [0, 0.05) is 22.2 Å². The molecule has 1 fully saturated rings. The van der Waals surface area contributed by atoms with Crippen LogP contribution in [0.15, 0.2) is 18.2 Å². The summed E-state index contributed by atoms with van der Waals surface area (Å²) in [5, 5.41) is 8.32. The quantitative estimate of drug-likeness (QED) is 0.612. The molecule has 0 aromatic heterocycles. The summed E-state index contributed by atoms with van der Waals surface area (Å²) in [5.41, 5.74) is 1.00. The Morgan fingerprint density at radius 1 is 1.11 bits per heavy atom. The average Bonchev–Trinajstić information content (AvgIpc) is 2.34. The van der Waals surface area contributed by atoms with E-state index in [2.05, 4.69) is 10.6 Å².